The molecule has 2 amide bonds. The first-order valence-corrected chi connectivity index (χ1v) is 7.79. The Morgan fingerprint density at radius 3 is 2.74 bits per heavy atom. The maximum atomic E-state index is 11.7. The van der Waals surface area contributed by atoms with E-state index in [0.717, 1.165) is 36.4 Å². The lowest BCUT2D eigenvalue weighted by molar-refractivity contribution is 0.117. The van der Waals surface area contributed by atoms with Gasteiger partial charge in [0.2, 0.25) is 0 Å². The van der Waals surface area contributed by atoms with Crippen LogP contribution in [-0.2, 0) is 6.42 Å². The van der Waals surface area contributed by atoms with Crippen LogP contribution in [0.5, 0.6) is 0 Å². The van der Waals surface area contributed by atoms with Gasteiger partial charge in [-0.3, -0.25) is 0 Å². The molecule has 0 bridgehead atoms. The molecular weight excluding hydrogens is 284 g/mol. The van der Waals surface area contributed by atoms with Crippen LogP contribution in [0.1, 0.15) is 30.6 Å². The molecule has 1 aliphatic rings. The summed E-state index contributed by atoms with van der Waals surface area (Å²) in [6, 6.07) is 3.92. The maximum Gasteiger partial charge on any atom is 0.315 e. The van der Waals surface area contributed by atoms with Gasteiger partial charge in [-0.25, -0.2) is 4.79 Å². The Kier molecular flexibility index (Phi) is 5.48. The zero-order chi connectivity index (χ0) is 13.7. The van der Waals surface area contributed by atoms with Gasteiger partial charge in [-0.15, -0.1) is 11.3 Å². The first kappa shape index (κ1) is 14.6. The predicted octanol–water partition coefficient (Wildman–Crippen LogP) is 2.55. The van der Waals surface area contributed by atoms with Crippen LogP contribution in [0.3, 0.4) is 0 Å². The van der Waals surface area contributed by atoms with Crippen molar-refractivity contribution in [1.29, 1.82) is 0 Å². The molecule has 0 aromatic carbocycles. The number of amides is 2. The Labute approximate surface area is 122 Å². The van der Waals surface area contributed by atoms with Crippen LogP contribution in [-0.4, -0.2) is 29.8 Å². The van der Waals surface area contributed by atoms with Crippen LogP contribution in [0.25, 0.3) is 0 Å². The molecule has 19 heavy (non-hydrogen) atoms. The van der Waals surface area contributed by atoms with Gasteiger partial charge in [0.15, 0.2) is 0 Å². The first-order valence-electron chi connectivity index (χ1n) is 6.60. The third-order valence-electron chi connectivity index (χ3n) is 3.32. The van der Waals surface area contributed by atoms with Crippen LogP contribution in [0.15, 0.2) is 12.1 Å². The molecule has 1 fully saturated rings. The van der Waals surface area contributed by atoms with Crippen LogP contribution in [0.2, 0.25) is 4.34 Å². The average molecular weight is 303 g/mol. The molecule has 1 heterocycles. The number of urea groups is 1. The number of carbonyl (C=O) groups excluding carboxylic acids is 1. The lowest BCUT2D eigenvalue weighted by atomic mass is 9.93. The van der Waals surface area contributed by atoms with E-state index in [1.807, 2.05) is 12.1 Å². The predicted molar refractivity (Wildman–Crippen MR) is 77.8 cm³/mol. The highest BCUT2D eigenvalue weighted by Crippen LogP contribution is 2.21. The lowest BCUT2D eigenvalue weighted by Crippen LogP contribution is -2.44. The molecule has 2 rings (SSSR count). The van der Waals surface area contributed by atoms with Crippen molar-refractivity contribution in [2.24, 2.45) is 0 Å². The summed E-state index contributed by atoms with van der Waals surface area (Å²) in [6.07, 6.45) is 3.88. The Morgan fingerprint density at radius 1 is 1.37 bits per heavy atom. The van der Waals surface area contributed by atoms with E-state index >= 15 is 0 Å². The fraction of sp³-hybridized carbons (Fsp3) is 0.615. The number of carbonyl (C=O) groups is 1. The minimum Gasteiger partial charge on any atom is -0.393 e. The molecule has 106 valence electrons. The SMILES string of the molecule is O=C(NCCc1ccc(Cl)s1)NC1CCC(O)CC1. The van der Waals surface area contributed by atoms with Gasteiger partial charge < -0.3 is 15.7 Å². The molecule has 0 radical (unpaired) electrons. The van der Waals surface area contributed by atoms with Gasteiger partial charge in [-0.05, 0) is 44.2 Å². The molecule has 4 nitrogen and oxygen atoms in total. The molecule has 0 atom stereocenters. The molecule has 6 heteroatoms. The van der Waals surface area contributed by atoms with Gasteiger partial charge >= 0.3 is 6.03 Å². The van der Waals surface area contributed by atoms with E-state index in [4.69, 9.17) is 11.6 Å². The largest absolute Gasteiger partial charge is 0.393 e. The summed E-state index contributed by atoms with van der Waals surface area (Å²) >= 11 is 7.38. The van der Waals surface area contributed by atoms with Crippen LogP contribution >= 0.6 is 22.9 Å². The monoisotopic (exact) mass is 302 g/mol. The topological polar surface area (TPSA) is 61.4 Å². The van der Waals surface area contributed by atoms with Crippen molar-refractivity contribution in [1.82, 2.24) is 10.6 Å². The molecule has 0 spiro atoms. The van der Waals surface area contributed by atoms with E-state index in [-0.39, 0.29) is 18.2 Å². The van der Waals surface area contributed by atoms with Crippen LogP contribution in [0, 0.1) is 0 Å². The quantitative estimate of drug-likeness (QED) is 0.800. The van der Waals surface area contributed by atoms with Gasteiger partial charge in [0.25, 0.3) is 0 Å². The van der Waals surface area contributed by atoms with E-state index < -0.39 is 0 Å². The first-order chi connectivity index (χ1) is 9.13. The summed E-state index contributed by atoms with van der Waals surface area (Å²) in [6.45, 7) is 0.609. The fourth-order valence-electron chi connectivity index (χ4n) is 2.24. The van der Waals surface area contributed by atoms with Crippen LogP contribution < -0.4 is 10.6 Å². The van der Waals surface area contributed by atoms with Gasteiger partial charge in [0.05, 0.1) is 10.4 Å². The Morgan fingerprint density at radius 2 is 2.11 bits per heavy atom. The smallest absolute Gasteiger partial charge is 0.315 e. The van der Waals surface area contributed by atoms with E-state index in [2.05, 4.69) is 10.6 Å². The number of nitrogens with one attached hydrogen (secondary N) is 2. The molecule has 1 aliphatic carbocycles. The third-order valence-corrected chi connectivity index (χ3v) is 4.61. The second-order valence-corrected chi connectivity index (χ2v) is 6.66. The number of aliphatic hydroxyl groups excluding tert-OH is 1. The number of aliphatic hydroxyl groups is 1. The van der Waals surface area contributed by atoms with Crippen molar-refractivity contribution in [3.63, 3.8) is 0 Å². The Hall–Kier alpha value is -0.780. The Bertz CT molecular complexity index is 417. The number of hydrogen-bond acceptors (Lipinski definition) is 3. The van der Waals surface area contributed by atoms with E-state index in [1.165, 1.54) is 4.88 Å². The highest BCUT2D eigenvalue weighted by molar-refractivity contribution is 7.16. The molecule has 0 saturated heterocycles. The summed E-state index contributed by atoms with van der Waals surface area (Å²) in [4.78, 5) is 12.9. The lowest BCUT2D eigenvalue weighted by Gasteiger charge is -2.26. The second kappa shape index (κ2) is 7.12. The van der Waals surface area contributed by atoms with Crippen molar-refractivity contribution in [3.8, 4) is 0 Å². The average Bonchev–Trinajstić information content (AvgIpc) is 2.78. The maximum absolute atomic E-state index is 11.7. The molecule has 0 unspecified atom stereocenters. The van der Waals surface area contributed by atoms with Crippen molar-refractivity contribution >= 4 is 29.0 Å². The molecular formula is C13H19ClN2O2S. The summed E-state index contributed by atoms with van der Waals surface area (Å²) in [7, 11) is 0. The summed E-state index contributed by atoms with van der Waals surface area (Å²) in [5.74, 6) is 0. The minimum absolute atomic E-state index is 0.121. The van der Waals surface area contributed by atoms with Crippen molar-refractivity contribution in [2.45, 2.75) is 44.2 Å². The summed E-state index contributed by atoms with van der Waals surface area (Å²) in [5, 5.41) is 15.2. The normalized spacial score (nSPS) is 23.1. The van der Waals surface area contributed by atoms with E-state index in [9.17, 15) is 9.90 Å². The number of hydrogen-bond donors (Lipinski definition) is 3. The van der Waals surface area contributed by atoms with Gasteiger partial charge in [0.1, 0.15) is 0 Å². The third kappa shape index (κ3) is 5.01. The van der Waals surface area contributed by atoms with Crippen molar-refractivity contribution in [3.05, 3.63) is 21.3 Å². The summed E-state index contributed by atoms with van der Waals surface area (Å²) in [5.41, 5.74) is 0. The number of rotatable bonds is 4. The van der Waals surface area contributed by atoms with E-state index in [1.54, 1.807) is 11.3 Å². The van der Waals surface area contributed by atoms with Crippen LogP contribution in [0.4, 0.5) is 4.79 Å². The zero-order valence-electron chi connectivity index (χ0n) is 10.7. The summed E-state index contributed by atoms with van der Waals surface area (Å²) < 4.78 is 0.778. The molecule has 0 aliphatic heterocycles. The Balaban J connectivity index is 1.62. The zero-order valence-corrected chi connectivity index (χ0v) is 12.3. The highest BCUT2D eigenvalue weighted by Gasteiger charge is 2.20. The van der Waals surface area contributed by atoms with Crippen molar-refractivity contribution in [2.75, 3.05) is 6.54 Å². The fourth-order valence-corrected chi connectivity index (χ4v) is 3.33. The van der Waals surface area contributed by atoms with Gasteiger partial charge in [0, 0.05) is 17.5 Å². The van der Waals surface area contributed by atoms with E-state index in [0.29, 0.717) is 6.54 Å². The molecule has 1 aromatic rings. The highest BCUT2D eigenvalue weighted by atomic mass is 35.5. The number of thiophene rings is 1. The molecule has 1 aromatic heterocycles. The molecule has 3 N–H and O–H groups in total. The minimum atomic E-state index is -0.190. The standard InChI is InChI=1S/C13H19ClN2O2S/c14-12-6-5-11(19-12)7-8-15-13(18)16-9-1-3-10(17)4-2-9/h5-6,9-10,17H,1-4,7-8H2,(H2,15,16,18). The molecule has 1 saturated carbocycles. The second-order valence-electron chi connectivity index (χ2n) is 4.86. The van der Waals surface area contributed by atoms with Gasteiger partial charge in [-0.2, -0.15) is 0 Å². The van der Waals surface area contributed by atoms with Gasteiger partial charge in [-0.1, -0.05) is 11.6 Å². The van der Waals surface area contributed by atoms with Crippen molar-refractivity contribution < 1.29 is 9.90 Å². The number of halogens is 1.